The fourth-order valence-corrected chi connectivity index (χ4v) is 23.9. The molecule has 0 saturated carbocycles. The fraction of sp³-hybridized carbons (Fsp3) is 0. The van der Waals surface area contributed by atoms with E-state index in [4.69, 9.17) is 44.3 Å². The summed E-state index contributed by atoms with van der Waals surface area (Å²) in [4.78, 5) is 40.0. The normalized spacial score (nSPS) is 11.8. The summed E-state index contributed by atoms with van der Waals surface area (Å²) in [5.74, 6) is 4.55. The number of furan rings is 1. The summed E-state index contributed by atoms with van der Waals surface area (Å²) in [7, 11) is 0. The highest BCUT2D eigenvalue weighted by Gasteiger charge is 2.29. The number of benzene rings is 21. The number of para-hydroxylation sites is 5. The van der Waals surface area contributed by atoms with Crippen molar-refractivity contribution in [3.8, 4) is 108 Å². The van der Waals surface area contributed by atoms with E-state index in [0.717, 1.165) is 122 Å². The molecular weight excluding hydrogens is 1770 g/mol. The Kier molecular flexibility index (Phi) is 19.4. The molecule has 0 unspecified atom stereocenters. The van der Waals surface area contributed by atoms with Crippen LogP contribution in [0.15, 0.2) is 472 Å². The molecule has 0 saturated heterocycles. The Morgan fingerprint density at radius 2 is 0.507 bits per heavy atom. The number of hydrogen-bond acceptors (Lipinski definition) is 11. The van der Waals surface area contributed by atoms with Crippen molar-refractivity contribution in [3.63, 3.8) is 0 Å². The van der Waals surface area contributed by atoms with Crippen LogP contribution in [0.3, 0.4) is 0 Å². The van der Waals surface area contributed by atoms with E-state index in [1.807, 2.05) is 174 Å². The summed E-state index contributed by atoms with van der Waals surface area (Å²) in [6, 6.07) is 164. The molecule has 21 aromatic carbocycles. The van der Waals surface area contributed by atoms with Crippen LogP contribution in [0, 0.1) is 0 Å². The molecule has 142 heavy (non-hydrogen) atoms. The van der Waals surface area contributed by atoms with Crippen LogP contribution >= 0.6 is 22.7 Å². The van der Waals surface area contributed by atoms with Gasteiger partial charge in [0.15, 0.2) is 40.5 Å². The van der Waals surface area contributed by atoms with Crippen LogP contribution < -0.4 is 0 Å². The minimum Gasteiger partial charge on any atom is -0.454 e. The Bertz CT molecular complexity index is 10200. The van der Waals surface area contributed by atoms with Gasteiger partial charge in [-0.1, -0.05) is 382 Å². The molecule has 14 heteroatoms. The van der Waals surface area contributed by atoms with E-state index in [1.54, 1.807) is 0 Å². The molecule has 0 aliphatic rings. The van der Waals surface area contributed by atoms with Gasteiger partial charge in [0.2, 0.25) is 5.95 Å². The number of aromatic nitrogens is 11. The molecule has 12 nitrogen and oxygen atoms in total. The third kappa shape index (κ3) is 13.5. The van der Waals surface area contributed by atoms with Gasteiger partial charge in [0.25, 0.3) is 0 Å². The maximum atomic E-state index is 6.69. The highest BCUT2D eigenvalue weighted by atomic mass is 32.1. The van der Waals surface area contributed by atoms with Crippen LogP contribution in [-0.4, -0.2) is 53.6 Å². The van der Waals surface area contributed by atoms with E-state index in [0.29, 0.717) is 40.9 Å². The lowest BCUT2D eigenvalue weighted by atomic mass is 9.97. The summed E-state index contributed by atoms with van der Waals surface area (Å²) >= 11 is 3.77. The minimum absolute atomic E-state index is 0.626. The maximum Gasteiger partial charge on any atom is 0.235 e. The second kappa shape index (κ2) is 33.7. The first kappa shape index (κ1) is 81.7. The summed E-state index contributed by atoms with van der Waals surface area (Å²) < 4.78 is 19.0. The summed E-state index contributed by atoms with van der Waals surface area (Å²) in [6.45, 7) is 0. The van der Waals surface area contributed by atoms with Crippen molar-refractivity contribution in [1.82, 2.24) is 53.6 Å². The van der Waals surface area contributed by atoms with E-state index in [1.165, 1.54) is 116 Å². The van der Waals surface area contributed by atoms with E-state index in [2.05, 4.69) is 329 Å². The van der Waals surface area contributed by atoms with Gasteiger partial charge in [-0.2, -0.15) is 0 Å². The van der Waals surface area contributed by atoms with Crippen LogP contribution in [0.5, 0.6) is 0 Å². The predicted octanol–water partition coefficient (Wildman–Crippen LogP) is 34.1. The Balaban J connectivity index is 0.000000105. The van der Waals surface area contributed by atoms with Crippen LogP contribution in [0.25, 0.3) is 279 Å². The number of fused-ring (bicyclic) bond motifs is 31. The summed E-state index contributed by atoms with van der Waals surface area (Å²) in [5.41, 5.74) is 21.8. The van der Waals surface area contributed by atoms with E-state index >= 15 is 0 Å². The molecule has 0 N–H and O–H groups in total. The maximum absolute atomic E-state index is 6.69. The van der Waals surface area contributed by atoms with Crippen molar-refractivity contribution in [2.45, 2.75) is 0 Å². The topological polar surface area (TPSA) is 131 Å². The molecule has 0 aliphatic carbocycles. The molecule has 0 amide bonds. The van der Waals surface area contributed by atoms with Crippen molar-refractivity contribution in [1.29, 1.82) is 0 Å². The number of nitrogens with zero attached hydrogens (tertiary/aromatic N) is 11. The van der Waals surface area contributed by atoms with Gasteiger partial charge in [-0.25, -0.2) is 39.9 Å². The lowest BCUT2D eigenvalue weighted by Gasteiger charge is -2.12. The Morgan fingerprint density at radius 3 is 0.979 bits per heavy atom. The SMILES string of the molecule is c1ccc(-c2nc(-c3ccccc3)nc(-c3ccc(-c4ccc5c(c4)c4c6ccccc6c6c7ccccc7sc6c4n5-c4ccccc4)cc3)n2)cc1.c1ccc(-c2nc(-c3ccccc3)nc(-c3ccc(-n4c5ccccc5c5c6ccccc6c6c7ccccc7sc6c54)cc3)n2)cc1.c1ccc(-c2nc(-n3c4ccccc4c4c5ccccc5c5c6ccccc6oc5c43)nc3ccccc23)cc1. The van der Waals surface area contributed by atoms with Gasteiger partial charge in [-0.3, -0.25) is 4.57 Å². The molecule has 9 heterocycles. The van der Waals surface area contributed by atoms with Crippen LogP contribution in [0.4, 0.5) is 0 Å². The zero-order valence-corrected chi connectivity index (χ0v) is 77.7. The monoisotopic (exact) mass is 1850 g/mol. The standard InChI is InChI=1S/C49H30N4S.C43H26N4S.C36H21N3O/c1-4-14-32(15-5-1)47-50-48(33-16-6-2-7-17-33)52-49(51-47)34-26-24-31(25-27-34)35-28-29-41-40(30-35)43-37-20-10-11-21-38(37)44-39-22-12-13-23-42(39)54-46(44)45(43)53(41)36-18-8-3-9-19-36;1-3-13-27(14-4-1)41-44-42(28-15-5-2-6-16-28)46-43(45-41)29-23-25-30(26-24-29)47-35-21-11-9-19-33(35)37-31-17-7-8-18-32(31)38-34-20-10-12-22-36(34)48-40(38)39(37)47;1-2-12-22(13-3-1)33-25-16-6-9-19-28(25)37-36(38-33)39-29-20-10-7-17-26(29)31-23-14-4-5-15-24(23)32-27-18-8-11-21-30(27)40-35(32)34(31)39/h1-30H;1-26H;1-21H. The Labute approximate surface area is 820 Å². The molecule has 9 aromatic heterocycles. The molecule has 0 bridgehead atoms. The van der Waals surface area contributed by atoms with Crippen LogP contribution in [0.1, 0.15) is 0 Å². The molecule has 0 atom stereocenters. The Morgan fingerprint density at radius 1 is 0.190 bits per heavy atom. The lowest BCUT2D eigenvalue weighted by molar-refractivity contribution is 0.671. The first-order valence-corrected chi connectivity index (χ1v) is 49.2. The molecule has 30 aromatic rings. The van der Waals surface area contributed by atoms with Crippen molar-refractivity contribution in [2.24, 2.45) is 0 Å². The van der Waals surface area contributed by atoms with Gasteiger partial charge in [-0.15, -0.1) is 22.7 Å². The van der Waals surface area contributed by atoms with Crippen molar-refractivity contribution in [3.05, 3.63) is 467 Å². The van der Waals surface area contributed by atoms with Gasteiger partial charge in [0.1, 0.15) is 11.1 Å². The third-order valence-corrected chi connectivity index (χ3v) is 30.0. The second-order valence-corrected chi connectivity index (χ2v) is 37.9. The zero-order chi connectivity index (χ0) is 93.4. The number of rotatable bonds is 11. The highest BCUT2D eigenvalue weighted by Crippen LogP contribution is 2.53. The highest BCUT2D eigenvalue weighted by molar-refractivity contribution is 7.27. The second-order valence-electron chi connectivity index (χ2n) is 35.8. The minimum atomic E-state index is 0.626. The molecular formula is C128H77N11OS2. The molecule has 0 radical (unpaired) electrons. The van der Waals surface area contributed by atoms with E-state index < -0.39 is 0 Å². The average molecular weight is 1850 g/mol. The molecule has 0 spiro atoms. The average Bonchev–Trinajstić information content (AvgIpc) is 1.55. The quantitative estimate of drug-likeness (QED) is 0.124. The largest absolute Gasteiger partial charge is 0.454 e. The van der Waals surface area contributed by atoms with E-state index in [9.17, 15) is 0 Å². The molecule has 30 rings (SSSR count). The molecule has 0 aliphatic heterocycles. The van der Waals surface area contributed by atoms with Crippen molar-refractivity contribution < 1.29 is 4.42 Å². The lowest BCUT2D eigenvalue weighted by Crippen LogP contribution is -2.03. The van der Waals surface area contributed by atoms with Gasteiger partial charge >= 0.3 is 0 Å². The number of hydrogen-bond donors (Lipinski definition) is 0. The number of thiophene rings is 2. The van der Waals surface area contributed by atoms with Crippen molar-refractivity contribution >= 4 is 194 Å². The molecule has 662 valence electrons. The Hall–Kier alpha value is -18.6. The van der Waals surface area contributed by atoms with Gasteiger partial charge in [0, 0.05) is 130 Å². The van der Waals surface area contributed by atoms with Gasteiger partial charge < -0.3 is 13.6 Å². The molecule has 0 fully saturated rings. The summed E-state index contributed by atoms with van der Waals surface area (Å²) in [6.07, 6.45) is 0. The van der Waals surface area contributed by atoms with Gasteiger partial charge in [-0.05, 0) is 128 Å². The summed E-state index contributed by atoms with van der Waals surface area (Å²) in [5, 5.41) is 23.4. The van der Waals surface area contributed by atoms with Gasteiger partial charge in [0.05, 0.1) is 48.2 Å². The first-order valence-electron chi connectivity index (χ1n) is 47.6. The third-order valence-electron chi connectivity index (χ3n) is 27.7. The zero-order valence-electron chi connectivity index (χ0n) is 76.1. The predicted molar refractivity (Wildman–Crippen MR) is 591 cm³/mol. The van der Waals surface area contributed by atoms with Crippen molar-refractivity contribution in [2.75, 3.05) is 0 Å². The first-order chi connectivity index (χ1) is 70.5. The van der Waals surface area contributed by atoms with E-state index in [-0.39, 0.29) is 0 Å². The van der Waals surface area contributed by atoms with Crippen LogP contribution in [-0.2, 0) is 0 Å². The fourth-order valence-electron chi connectivity index (χ4n) is 21.4. The smallest absolute Gasteiger partial charge is 0.235 e. The van der Waals surface area contributed by atoms with Crippen LogP contribution in [0.2, 0.25) is 0 Å².